The summed E-state index contributed by atoms with van der Waals surface area (Å²) in [6.07, 6.45) is -0.842. The molecule has 2 aliphatic rings. The van der Waals surface area contributed by atoms with E-state index in [1.165, 1.54) is 0 Å². The number of anilines is 2. The molecule has 1 amide bonds. The summed E-state index contributed by atoms with van der Waals surface area (Å²) >= 11 is 12.1. The first-order valence-corrected chi connectivity index (χ1v) is 10.2. The van der Waals surface area contributed by atoms with Gasteiger partial charge < -0.3 is 10.4 Å². The van der Waals surface area contributed by atoms with Crippen LogP contribution >= 0.6 is 23.2 Å². The summed E-state index contributed by atoms with van der Waals surface area (Å²) in [6.45, 7) is 0. The van der Waals surface area contributed by atoms with Crippen LogP contribution in [0.1, 0.15) is 23.7 Å². The second-order valence-electron chi connectivity index (χ2n) is 7.39. The zero-order valence-corrected chi connectivity index (χ0v) is 17.2. The van der Waals surface area contributed by atoms with Crippen LogP contribution in [0.4, 0.5) is 11.4 Å². The Morgan fingerprint density at radius 1 is 0.967 bits per heavy atom. The van der Waals surface area contributed by atoms with Crippen LogP contribution in [0, 0.1) is 0 Å². The van der Waals surface area contributed by atoms with Crippen LogP contribution in [-0.2, 0) is 4.79 Å². The van der Waals surface area contributed by atoms with Crippen LogP contribution < -0.4 is 10.3 Å². The predicted octanol–water partition coefficient (Wildman–Crippen LogP) is 5.03. The molecular weight excluding hydrogens is 421 g/mol. The number of aliphatic hydroxyl groups excluding tert-OH is 1. The van der Waals surface area contributed by atoms with Crippen LogP contribution in [-0.4, -0.2) is 22.3 Å². The van der Waals surface area contributed by atoms with Crippen LogP contribution in [0.2, 0.25) is 10.0 Å². The lowest BCUT2D eigenvalue weighted by Crippen LogP contribution is -2.59. The average molecular weight is 438 g/mol. The highest BCUT2D eigenvalue weighted by Gasteiger charge is 2.58. The van der Waals surface area contributed by atoms with E-state index < -0.39 is 11.6 Å². The smallest absolute Gasteiger partial charge is 0.255 e. The summed E-state index contributed by atoms with van der Waals surface area (Å²) in [4.78, 5) is 13.4. The Kier molecular flexibility index (Phi) is 4.54. The molecule has 1 unspecified atom stereocenters. The molecule has 0 radical (unpaired) electrons. The van der Waals surface area contributed by atoms with Crippen LogP contribution in [0.25, 0.3) is 0 Å². The van der Waals surface area contributed by atoms with Gasteiger partial charge in [-0.25, -0.2) is 5.01 Å². The number of nitrogens with one attached hydrogen (secondary N) is 1. The molecule has 0 saturated heterocycles. The van der Waals surface area contributed by atoms with Crippen molar-refractivity contribution in [3.8, 4) is 0 Å². The number of benzene rings is 3. The first-order chi connectivity index (χ1) is 14.5. The molecule has 2 N–H and O–H groups in total. The third-order valence-electron chi connectivity index (χ3n) is 5.63. The fourth-order valence-corrected chi connectivity index (χ4v) is 4.35. The fourth-order valence-electron chi connectivity index (χ4n) is 4.10. The number of hydrogen-bond donors (Lipinski definition) is 2. The summed E-state index contributed by atoms with van der Waals surface area (Å²) in [5.41, 5.74) is 2.14. The monoisotopic (exact) mass is 437 g/mol. The Labute approximate surface area is 183 Å². The Bertz CT molecular complexity index is 1160. The molecule has 5 rings (SSSR count). The molecule has 0 aliphatic carbocycles. The predicted molar refractivity (Wildman–Crippen MR) is 119 cm³/mol. The van der Waals surface area contributed by atoms with Crippen LogP contribution in [0.5, 0.6) is 0 Å². The van der Waals surface area contributed by atoms with Gasteiger partial charge in [0.1, 0.15) is 6.10 Å². The molecular formula is C23H17Cl2N3O2. The first kappa shape index (κ1) is 19.1. The molecule has 5 nitrogen and oxygen atoms in total. The summed E-state index contributed by atoms with van der Waals surface area (Å²) in [5, 5.41) is 22.0. The van der Waals surface area contributed by atoms with Gasteiger partial charge in [-0.3, -0.25) is 4.79 Å². The molecule has 0 aromatic heterocycles. The van der Waals surface area contributed by atoms with E-state index in [0.29, 0.717) is 32.7 Å². The third kappa shape index (κ3) is 2.89. The Morgan fingerprint density at radius 3 is 2.30 bits per heavy atom. The van der Waals surface area contributed by atoms with Crippen LogP contribution in [0.3, 0.4) is 0 Å². The SMILES string of the molecule is O=C1Nc2ccccc2C(O)[C@]12CC(c1ccc(Cl)cc1)=NN2c1ccc(Cl)cc1. The van der Waals surface area contributed by atoms with E-state index in [9.17, 15) is 9.90 Å². The lowest BCUT2D eigenvalue weighted by atomic mass is 9.78. The summed E-state index contributed by atoms with van der Waals surface area (Å²) < 4.78 is 0. The van der Waals surface area contributed by atoms with Crippen molar-refractivity contribution in [2.45, 2.75) is 18.1 Å². The molecule has 7 heteroatoms. The van der Waals surface area contributed by atoms with Gasteiger partial charge in [0.25, 0.3) is 5.91 Å². The standard InChI is InChI=1S/C23H17Cl2N3O2/c24-15-7-5-14(6-8-15)20-13-23(28(27-20)17-11-9-16(25)10-12-17)21(29)18-3-1-2-4-19(18)26-22(23)30/h1-12,21,29H,13H2,(H,26,30)/t21?,23-/m1/s1. The number of hydrogen-bond acceptors (Lipinski definition) is 4. The number of hydrazone groups is 1. The molecule has 0 fully saturated rings. The molecule has 2 atom stereocenters. The Hall–Kier alpha value is -2.86. The van der Waals surface area contributed by atoms with Gasteiger partial charge in [-0.15, -0.1) is 0 Å². The summed E-state index contributed by atoms with van der Waals surface area (Å²) in [7, 11) is 0. The molecule has 0 bridgehead atoms. The molecule has 30 heavy (non-hydrogen) atoms. The van der Waals surface area contributed by atoms with Crippen molar-refractivity contribution in [1.29, 1.82) is 0 Å². The van der Waals surface area contributed by atoms with E-state index in [2.05, 4.69) is 5.32 Å². The zero-order chi connectivity index (χ0) is 20.9. The van der Waals surface area contributed by atoms with Gasteiger partial charge in [0, 0.05) is 27.7 Å². The van der Waals surface area contributed by atoms with Gasteiger partial charge in [0.05, 0.1) is 11.4 Å². The molecule has 3 aromatic carbocycles. The highest BCUT2D eigenvalue weighted by molar-refractivity contribution is 6.31. The maximum atomic E-state index is 13.4. The number of carbonyl (C=O) groups excluding carboxylic acids is 1. The van der Waals surface area contributed by atoms with Crippen molar-refractivity contribution >= 4 is 46.2 Å². The number of para-hydroxylation sites is 1. The lowest BCUT2D eigenvalue weighted by Gasteiger charge is -2.43. The molecule has 2 aliphatic heterocycles. The summed E-state index contributed by atoms with van der Waals surface area (Å²) in [5.74, 6) is -0.309. The number of rotatable bonds is 2. The molecule has 3 aromatic rings. The minimum Gasteiger partial charge on any atom is -0.385 e. The Balaban J connectivity index is 1.67. The average Bonchev–Trinajstić information content (AvgIpc) is 3.15. The second kappa shape index (κ2) is 7.13. The number of nitrogens with zero attached hydrogens (tertiary/aromatic N) is 2. The van der Waals surface area contributed by atoms with E-state index in [-0.39, 0.29) is 12.3 Å². The van der Waals surface area contributed by atoms with Crippen molar-refractivity contribution in [2.75, 3.05) is 10.3 Å². The largest absolute Gasteiger partial charge is 0.385 e. The van der Waals surface area contributed by atoms with Gasteiger partial charge in [0.2, 0.25) is 0 Å². The number of fused-ring (bicyclic) bond motifs is 1. The van der Waals surface area contributed by atoms with Crippen LogP contribution in [0.15, 0.2) is 77.9 Å². The number of amides is 1. The zero-order valence-electron chi connectivity index (χ0n) is 15.7. The van der Waals surface area contributed by atoms with Gasteiger partial charge in [-0.05, 0) is 48.0 Å². The van der Waals surface area contributed by atoms with E-state index in [1.807, 2.05) is 30.3 Å². The van der Waals surface area contributed by atoms with Crippen molar-refractivity contribution in [3.05, 3.63) is 94.0 Å². The lowest BCUT2D eigenvalue weighted by molar-refractivity contribution is -0.125. The molecule has 0 saturated carbocycles. The van der Waals surface area contributed by atoms with Gasteiger partial charge >= 0.3 is 0 Å². The topological polar surface area (TPSA) is 64.9 Å². The minimum atomic E-state index is -1.32. The maximum absolute atomic E-state index is 13.4. The third-order valence-corrected chi connectivity index (χ3v) is 6.14. The quantitative estimate of drug-likeness (QED) is 0.590. The van der Waals surface area contributed by atoms with Gasteiger partial charge in [-0.2, -0.15) is 5.10 Å². The van der Waals surface area contributed by atoms with Crippen molar-refractivity contribution in [1.82, 2.24) is 0 Å². The molecule has 2 heterocycles. The van der Waals surface area contributed by atoms with E-state index >= 15 is 0 Å². The van der Waals surface area contributed by atoms with Crippen molar-refractivity contribution < 1.29 is 9.90 Å². The van der Waals surface area contributed by atoms with E-state index in [1.54, 1.807) is 47.5 Å². The van der Waals surface area contributed by atoms with Gasteiger partial charge in [-0.1, -0.05) is 53.5 Å². The summed E-state index contributed by atoms with van der Waals surface area (Å²) in [6, 6.07) is 21.6. The second-order valence-corrected chi connectivity index (χ2v) is 8.26. The fraction of sp³-hybridized carbons (Fsp3) is 0.130. The normalized spacial score (nSPS) is 22.6. The maximum Gasteiger partial charge on any atom is 0.255 e. The minimum absolute atomic E-state index is 0.235. The van der Waals surface area contributed by atoms with Crippen molar-refractivity contribution in [3.63, 3.8) is 0 Å². The number of carbonyl (C=O) groups is 1. The number of halogens is 2. The van der Waals surface area contributed by atoms with E-state index in [0.717, 1.165) is 5.56 Å². The number of aliphatic hydroxyl groups is 1. The molecule has 150 valence electrons. The highest BCUT2D eigenvalue weighted by Crippen LogP contribution is 2.48. The van der Waals surface area contributed by atoms with Gasteiger partial charge in [0.15, 0.2) is 5.54 Å². The van der Waals surface area contributed by atoms with Crippen molar-refractivity contribution in [2.24, 2.45) is 5.10 Å². The highest BCUT2D eigenvalue weighted by atomic mass is 35.5. The Morgan fingerprint density at radius 2 is 1.60 bits per heavy atom. The molecule has 1 spiro atoms. The first-order valence-electron chi connectivity index (χ1n) is 9.47. The van der Waals surface area contributed by atoms with E-state index in [4.69, 9.17) is 28.3 Å².